The summed E-state index contributed by atoms with van der Waals surface area (Å²) in [7, 11) is 2.13. The van der Waals surface area contributed by atoms with Gasteiger partial charge >= 0.3 is 6.98 Å². The fourth-order valence-electron chi connectivity index (χ4n) is 5.90. The zero-order valence-corrected chi connectivity index (χ0v) is 19.9. The number of para-hydroxylation sites is 2. The molecule has 4 aromatic carbocycles. The minimum absolute atomic E-state index is 0.0228. The molecule has 0 atom stereocenters. The monoisotopic (exact) mass is 450 g/mol. The van der Waals surface area contributed by atoms with Crippen LogP contribution in [0.2, 0.25) is 0 Å². The fraction of sp³-hybridized carbons (Fsp3) is 0.0645. The van der Waals surface area contributed by atoms with E-state index in [-0.39, 0.29) is 6.98 Å². The van der Waals surface area contributed by atoms with Crippen LogP contribution in [0.15, 0.2) is 115 Å². The summed E-state index contributed by atoms with van der Waals surface area (Å²) < 4.78 is 2.22. The van der Waals surface area contributed by atoms with Crippen LogP contribution in [-0.2, 0) is 7.05 Å². The van der Waals surface area contributed by atoms with E-state index in [2.05, 4.69) is 144 Å². The summed E-state index contributed by atoms with van der Waals surface area (Å²) in [5.74, 6) is 1.16. The van der Waals surface area contributed by atoms with Crippen molar-refractivity contribution in [3.8, 4) is 22.3 Å². The van der Waals surface area contributed by atoms with Crippen molar-refractivity contribution in [3.05, 3.63) is 121 Å². The van der Waals surface area contributed by atoms with Crippen molar-refractivity contribution in [3.63, 3.8) is 0 Å². The van der Waals surface area contributed by atoms with Crippen molar-refractivity contribution in [2.24, 2.45) is 7.05 Å². The second kappa shape index (κ2) is 7.61. The molecule has 0 aliphatic carbocycles. The molecule has 0 unspecified atom stereocenters. The molecule has 5 aromatic rings. The molecule has 1 aromatic heterocycles. The number of aryl methyl sites for hydroxylation is 2. The maximum absolute atomic E-state index is 2.54. The second-order valence-corrected chi connectivity index (χ2v) is 9.38. The van der Waals surface area contributed by atoms with Crippen LogP contribution in [0, 0.1) is 6.92 Å². The van der Waals surface area contributed by atoms with Crippen LogP contribution in [0.3, 0.4) is 0 Å². The van der Waals surface area contributed by atoms with E-state index in [1.54, 1.807) is 0 Å². The Hall–Kier alpha value is -4.31. The second-order valence-electron chi connectivity index (χ2n) is 9.38. The molecular formula is C31H25BN3+. The number of benzene rings is 4. The molecule has 0 amide bonds. The Balaban J connectivity index is 1.65. The molecule has 3 heterocycles. The lowest BCUT2D eigenvalue weighted by Crippen LogP contribution is -2.56. The Morgan fingerprint density at radius 3 is 2.00 bits per heavy atom. The van der Waals surface area contributed by atoms with Crippen molar-refractivity contribution in [1.29, 1.82) is 0 Å². The summed E-state index contributed by atoms with van der Waals surface area (Å²) in [6.45, 7) is 2.20. The van der Waals surface area contributed by atoms with Gasteiger partial charge in [0.15, 0.2) is 0 Å². The highest BCUT2D eigenvalue weighted by molar-refractivity contribution is 6.85. The lowest BCUT2D eigenvalue weighted by Gasteiger charge is -2.31. The van der Waals surface area contributed by atoms with Gasteiger partial charge in [0, 0.05) is 22.8 Å². The van der Waals surface area contributed by atoms with Crippen molar-refractivity contribution in [2.45, 2.75) is 6.92 Å². The molecule has 166 valence electrons. The Bertz CT molecular complexity index is 1610. The molecule has 4 heteroatoms. The molecular weight excluding hydrogens is 425 g/mol. The third-order valence-electron chi connectivity index (χ3n) is 7.39. The largest absolute Gasteiger partial charge is 0.543 e. The third-order valence-corrected chi connectivity index (χ3v) is 7.39. The van der Waals surface area contributed by atoms with Crippen LogP contribution in [-0.4, -0.2) is 6.98 Å². The molecule has 0 bridgehead atoms. The lowest BCUT2D eigenvalue weighted by molar-refractivity contribution is -0.658. The van der Waals surface area contributed by atoms with Crippen LogP contribution in [0.4, 0.5) is 22.9 Å². The van der Waals surface area contributed by atoms with Crippen molar-refractivity contribution < 1.29 is 4.57 Å². The van der Waals surface area contributed by atoms with Crippen LogP contribution >= 0.6 is 0 Å². The van der Waals surface area contributed by atoms with E-state index >= 15 is 0 Å². The van der Waals surface area contributed by atoms with Crippen LogP contribution in [0.25, 0.3) is 22.3 Å². The smallest absolute Gasteiger partial charge is 0.335 e. The van der Waals surface area contributed by atoms with Gasteiger partial charge in [0.2, 0.25) is 0 Å². The number of hydrogen-bond donors (Lipinski definition) is 0. The fourth-order valence-corrected chi connectivity index (χ4v) is 5.90. The minimum atomic E-state index is -0.0228. The first kappa shape index (κ1) is 20.1. The summed E-state index contributed by atoms with van der Waals surface area (Å²) in [5.41, 5.74) is 11.4. The van der Waals surface area contributed by atoms with Gasteiger partial charge in [0.05, 0.1) is 18.9 Å². The Labute approximate surface area is 206 Å². The quantitative estimate of drug-likeness (QED) is 0.224. The predicted octanol–water partition coefficient (Wildman–Crippen LogP) is 6.15. The standard InChI is InChI=1S/C31H25BN3/c1-22-12-11-19-29-31(22)35(30-20-9-10-21-33(30)2)32-27-17-7-5-15-25(27)23-13-3-4-14-24(23)26-16-6-8-18-28(26)34(29)32/h3-21H,1-2H3/q+1. The van der Waals surface area contributed by atoms with Gasteiger partial charge in [-0.1, -0.05) is 84.9 Å². The normalized spacial score (nSPS) is 13.3. The van der Waals surface area contributed by atoms with Crippen LogP contribution < -0.4 is 19.7 Å². The molecule has 7 rings (SSSR count). The van der Waals surface area contributed by atoms with E-state index < -0.39 is 0 Å². The molecule has 3 nitrogen and oxygen atoms in total. The minimum Gasteiger partial charge on any atom is -0.335 e. The highest BCUT2D eigenvalue weighted by atomic mass is 15.3. The van der Waals surface area contributed by atoms with Gasteiger partial charge in [-0.05, 0) is 47.4 Å². The molecule has 2 aliphatic rings. The third kappa shape index (κ3) is 2.83. The number of nitrogens with zero attached hydrogens (tertiary/aromatic N) is 3. The van der Waals surface area contributed by atoms with E-state index in [4.69, 9.17) is 0 Å². The number of hydrogen-bond acceptors (Lipinski definition) is 2. The zero-order chi connectivity index (χ0) is 23.5. The molecule has 0 saturated carbocycles. The molecule has 0 fully saturated rings. The maximum Gasteiger partial charge on any atom is 0.543 e. The van der Waals surface area contributed by atoms with Gasteiger partial charge in [0.1, 0.15) is 5.69 Å². The highest BCUT2D eigenvalue weighted by Crippen LogP contribution is 2.51. The summed E-state index contributed by atoms with van der Waals surface area (Å²) in [4.78, 5) is 5.06. The molecule has 0 spiro atoms. The number of anilines is 4. The zero-order valence-electron chi connectivity index (χ0n) is 19.9. The molecule has 0 N–H and O–H groups in total. The molecule has 35 heavy (non-hydrogen) atoms. The van der Waals surface area contributed by atoms with Gasteiger partial charge in [-0.15, -0.1) is 0 Å². The SMILES string of the molecule is Cc1cccc2c1N(c1cccc[n+]1C)B1c3ccccc3-c3ccccc3-c3ccccc3N12. The maximum atomic E-state index is 2.54. The topological polar surface area (TPSA) is 10.4 Å². The summed E-state index contributed by atoms with van der Waals surface area (Å²) >= 11 is 0. The van der Waals surface area contributed by atoms with Crippen LogP contribution in [0.5, 0.6) is 0 Å². The first-order chi connectivity index (χ1) is 17.2. The van der Waals surface area contributed by atoms with E-state index in [0.717, 1.165) is 5.82 Å². The van der Waals surface area contributed by atoms with Gasteiger partial charge < -0.3 is 4.81 Å². The molecule has 2 aliphatic heterocycles. The average Bonchev–Trinajstić information content (AvgIpc) is 3.24. The summed E-state index contributed by atoms with van der Waals surface area (Å²) in [5, 5.41) is 0. The number of fused-ring (bicyclic) bond motifs is 10. The van der Waals surface area contributed by atoms with Gasteiger partial charge in [-0.25, -0.2) is 4.57 Å². The predicted molar refractivity (Wildman–Crippen MR) is 146 cm³/mol. The van der Waals surface area contributed by atoms with Gasteiger partial charge in [-0.2, -0.15) is 0 Å². The van der Waals surface area contributed by atoms with E-state index in [1.807, 2.05) is 0 Å². The first-order valence-corrected chi connectivity index (χ1v) is 12.1. The van der Waals surface area contributed by atoms with Crippen molar-refractivity contribution in [2.75, 3.05) is 9.62 Å². The number of aromatic nitrogens is 1. The number of pyridine rings is 1. The first-order valence-electron chi connectivity index (χ1n) is 12.1. The van der Waals surface area contributed by atoms with Crippen LogP contribution in [0.1, 0.15) is 5.56 Å². The summed E-state index contributed by atoms with van der Waals surface area (Å²) in [6, 6.07) is 39.7. The average molecular weight is 450 g/mol. The molecule has 0 radical (unpaired) electrons. The van der Waals surface area contributed by atoms with Crippen molar-refractivity contribution >= 4 is 35.3 Å². The number of rotatable bonds is 1. The Morgan fingerprint density at radius 2 is 1.20 bits per heavy atom. The Kier molecular flexibility index (Phi) is 4.37. The van der Waals surface area contributed by atoms with E-state index in [0.29, 0.717) is 0 Å². The highest BCUT2D eigenvalue weighted by Gasteiger charge is 2.53. The summed E-state index contributed by atoms with van der Waals surface area (Å²) in [6.07, 6.45) is 2.13. The van der Waals surface area contributed by atoms with Crippen molar-refractivity contribution in [1.82, 2.24) is 0 Å². The molecule has 0 saturated heterocycles. The lowest BCUT2D eigenvalue weighted by atomic mass is 9.61. The Morgan fingerprint density at radius 1 is 0.571 bits per heavy atom. The van der Waals surface area contributed by atoms with E-state index in [9.17, 15) is 0 Å². The van der Waals surface area contributed by atoms with Gasteiger partial charge in [0.25, 0.3) is 5.82 Å². The van der Waals surface area contributed by atoms with E-state index in [1.165, 1.54) is 50.3 Å². The van der Waals surface area contributed by atoms with Gasteiger partial charge in [-0.3, -0.25) is 4.81 Å².